The van der Waals surface area contributed by atoms with E-state index in [1.165, 1.54) is 0 Å². The second-order valence-corrected chi connectivity index (χ2v) is 4.91. The van der Waals surface area contributed by atoms with Gasteiger partial charge in [0.1, 0.15) is 12.4 Å². The van der Waals surface area contributed by atoms with Crippen LogP contribution in [-0.4, -0.2) is 21.6 Å². The first kappa shape index (κ1) is 13.0. The molecular formula is C12H15BrN4O. The molecule has 96 valence electrons. The zero-order valence-electron chi connectivity index (χ0n) is 10.1. The van der Waals surface area contributed by atoms with Crippen molar-refractivity contribution >= 4 is 15.9 Å². The summed E-state index contributed by atoms with van der Waals surface area (Å²) in [6.45, 7) is 3.08. The Kier molecular flexibility index (Phi) is 4.33. The SMILES string of the molecule is CC(N)c1cn(CCOc2ccc(Br)cc2)nn1. The Morgan fingerprint density at radius 2 is 2.11 bits per heavy atom. The van der Waals surface area contributed by atoms with Gasteiger partial charge in [0.15, 0.2) is 0 Å². The van der Waals surface area contributed by atoms with Crippen LogP contribution in [0.5, 0.6) is 5.75 Å². The average molecular weight is 311 g/mol. The highest BCUT2D eigenvalue weighted by Crippen LogP contribution is 2.16. The van der Waals surface area contributed by atoms with E-state index in [0.29, 0.717) is 13.2 Å². The average Bonchev–Trinajstić information content (AvgIpc) is 2.81. The molecule has 1 atom stereocenters. The van der Waals surface area contributed by atoms with Crippen molar-refractivity contribution in [1.82, 2.24) is 15.0 Å². The van der Waals surface area contributed by atoms with E-state index in [1.54, 1.807) is 4.68 Å². The van der Waals surface area contributed by atoms with Crippen LogP contribution in [-0.2, 0) is 6.54 Å². The van der Waals surface area contributed by atoms with Crippen LogP contribution in [0.3, 0.4) is 0 Å². The molecular weight excluding hydrogens is 296 g/mol. The minimum atomic E-state index is -0.0915. The van der Waals surface area contributed by atoms with Gasteiger partial charge in [-0.3, -0.25) is 0 Å². The summed E-state index contributed by atoms with van der Waals surface area (Å²) in [5.41, 5.74) is 6.50. The molecule has 0 amide bonds. The highest BCUT2D eigenvalue weighted by Gasteiger charge is 2.04. The third-order valence-electron chi connectivity index (χ3n) is 2.43. The van der Waals surface area contributed by atoms with Crippen LogP contribution in [0.15, 0.2) is 34.9 Å². The van der Waals surface area contributed by atoms with Crippen molar-refractivity contribution < 1.29 is 4.74 Å². The standard InChI is InChI=1S/C12H15BrN4O/c1-9(14)12-8-17(16-15-12)6-7-18-11-4-2-10(13)3-5-11/h2-5,8-9H,6-7,14H2,1H3. The summed E-state index contributed by atoms with van der Waals surface area (Å²) in [7, 11) is 0. The maximum absolute atomic E-state index is 5.71. The minimum absolute atomic E-state index is 0.0915. The van der Waals surface area contributed by atoms with Gasteiger partial charge in [-0.1, -0.05) is 21.1 Å². The number of hydrogen-bond donors (Lipinski definition) is 1. The maximum Gasteiger partial charge on any atom is 0.119 e. The first-order valence-corrected chi connectivity index (χ1v) is 6.48. The van der Waals surface area contributed by atoms with E-state index in [2.05, 4.69) is 26.2 Å². The summed E-state index contributed by atoms with van der Waals surface area (Å²) in [6.07, 6.45) is 1.84. The predicted octanol–water partition coefficient (Wildman–Crippen LogP) is 2.14. The molecule has 2 aromatic rings. The van der Waals surface area contributed by atoms with Gasteiger partial charge in [-0.2, -0.15) is 0 Å². The van der Waals surface area contributed by atoms with Crippen LogP contribution >= 0.6 is 15.9 Å². The van der Waals surface area contributed by atoms with Gasteiger partial charge in [0.05, 0.1) is 18.4 Å². The van der Waals surface area contributed by atoms with E-state index in [1.807, 2.05) is 37.4 Å². The zero-order valence-corrected chi connectivity index (χ0v) is 11.7. The molecule has 0 aliphatic heterocycles. The van der Waals surface area contributed by atoms with Crippen molar-refractivity contribution in [2.75, 3.05) is 6.61 Å². The molecule has 0 radical (unpaired) electrons. The van der Waals surface area contributed by atoms with E-state index in [0.717, 1.165) is 15.9 Å². The molecule has 1 aromatic carbocycles. The second kappa shape index (κ2) is 5.97. The molecule has 0 fully saturated rings. The molecule has 1 unspecified atom stereocenters. The summed E-state index contributed by atoms with van der Waals surface area (Å²) in [6, 6.07) is 7.63. The summed E-state index contributed by atoms with van der Waals surface area (Å²) in [4.78, 5) is 0. The fourth-order valence-electron chi connectivity index (χ4n) is 1.42. The van der Waals surface area contributed by atoms with E-state index < -0.39 is 0 Å². The molecule has 0 aliphatic rings. The second-order valence-electron chi connectivity index (χ2n) is 4.00. The number of aromatic nitrogens is 3. The highest BCUT2D eigenvalue weighted by atomic mass is 79.9. The number of rotatable bonds is 5. The largest absolute Gasteiger partial charge is 0.492 e. The molecule has 5 nitrogen and oxygen atoms in total. The fraction of sp³-hybridized carbons (Fsp3) is 0.333. The quantitative estimate of drug-likeness (QED) is 0.919. The summed E-state index contributed by atoms with van der Waals surface area (Å²) >= 11 is 3.38. The Morgan fingerprint density at radius 1 is 1.39 bits per heavy atom. The van der Waals surface area contributed by atoms with E-state index in [4.69, 9.17) is 10.5 Å². The van der Waals surface area contributed by atoms with Gasteiger partial charge in [0.25, 0.3) is 0 Å². The lowest BCUT2D eigenvalue weighted by atomic mass is 10.3. The van der Waals surface area contributed by atoms with Crippen molar-refractivity contribution in [2.24, 2.45) is 5.73 Å². The van der Waals surface area contributed by atoms with Gasteiger partial charge in [-0.25, -0.2) is 4.68 Å². The predicted molar refractivity (Wildman–Crippen MR) is 72.3 cm³/mol. The number of nitrogens with zero attached hydrogens (tertiary/aromatic N) is 3. The number of ether oxygens (including phenoxy) is 1. The highest BCUT2D eigenvalue weighted by molar-refractivity contribution is 9.10. The molecule has 2 rings (SSSR count). The molecule has 1 aromatic heterocycles. The lowest BCUT2D eigenvalue weighted by Gasteiger charge is -2.05. The summed E-state index contributed by atoms with van der Waals surface area (Å²) in [5.74, 6) is 0.839. The molecule has 1 heterocycles. The first-order valence-electron chi connectivity index (χ1n) is 5.69. The minimum Gasteiger partial charge on any atom is -0.492 e. The van der Waals surface area contributed by atoms with Crippen molar-refractivity contribution in [2.45, 2.75) is 19.5 Å². The smallest absolute Gasteiger partial charge is 0.119 e. The third kappa shape index (κ3) is 3.54. The lowest BCUT2D eigenvalue weighted by Crippen LogP contribution is -2.09. The van der Waals surface area contributed by atoms with E-state index in [9.17, 15) is 0 Å². The van der Waals surface area contributed by atoms with Gasteiger partial charge >= 0.3 is 0 Å². The number of hydrogen-bond acceptors (Lipinski definition) is 4. The summed E-state index contributed by atoms with van der Waals surface area (Å²) in [5, 5.41) is 7.96. The molecule has 0 spiro atoms. The van der Waals surface area contributed by atoms with Crippen molar-refractivity contribution in [3.63, 3.8) is 0 Å². The number of benzene rings is 1. The fourth-order valence-corrected chi connectivity index (χ4v) is 1.68. The molecule has 0 aliphatic carbocycles. The lowest BCUT2D eigenvalue weighted by molar-refractivity contribution is 0.289. The Bertz CT molecular complexity index is 495. The zero-order chi connectivity index (χ0) is 13.0. The molecule has 18 heavy (non-hydrogen) atoms. The Hall–Kier alpha value is -1.40. The van der Waals surface area contributed by atoms with Gasteiger partial charge in [0.2, 0.25) is 0 Å². The van der Waals surface area contributed by atoms with Crippen LogP contribution in [0.2, 0.25) is 0 Å². The molecule has 0 saturated heterocycles. The molecule has 0 saturated carbocycles. The topological polar surface area (TPSA) is 66.0 Å². The molecule has 6 heteroatoms. The normalized spacial score (nSPS) is 12.4. The number of nitrogens with two attached hydrogens (primary N) is 1. The Morgan fingerprint density at radius 3 is 2.72 bits per heavy atom. The van der Waals surface area contributed by atoms with E-state index in [-0.39, 0.29) is 6.04 Å². The summed E-state index contributed by atoms with van der Waals surface area (Å²) < 4.78 is 8.36. The Balaban J connectivity index is 1.82. The van der Waals surface area contributed by atoms with Crippen LogP contribution in [0.25, 0.3) is 0 Å². The van der Waals surface area contributed by atoms with Crippen molar-refractivity contribution in [3.8, 4) is 5.75 Å². The van der Waals surface area contributed by atoms with Crippen molar-refractivity contribution in [1.29, 1.82) is 0 Å². The van der Waals surface area contributed by atoms with Crippen LogP contribution < -0.4 is 10.5 Å². The number of halogens is 1. The molecule has 2 N–H and O–H groups in total. The maximum atomic E-state index is 5.71. The van der Waals surface area contributed by atoms with Crippen LogP contribution in [0.1, 0.15) is 18.7 Å². The first-order chi connectivity index (χ1) is 8.65. The van der Waals surface area contributed by atoms with Crippen LogP contribution in [0, 0.1) is 0 Å². The van der Waals surface area contributed by atoms with Gasteiger partial charge < -0.3 is 10.5 Å². The van der Waals surface area contributed by atoms with Gasteiger partial charge in [-0.05, 0) is 31.2 Å². The van der Waals surface area contributed by atoms with Gasteiger partial charge in [0, 0.05) is 10.5 Å². The van der Waals surface area contributed by atoms with Gasteiger partial charge in [-0.15, -0.1) is 5.10 Å². The van der Waals surface area contributed by atoms with Crippen LogP contribution in [0.4, 0.5) is 0 Å². The van der Waals surface area contributed by atoms with Crippen molar-refractivity contribution in [3.05, 3.63) is 40.6 Å². The van der Waals surface area contributed by atoms with E-state index >= 15 is 0 Å². The molecule has 0 bridgehead atoms. The Labute approximate surface area is 114 Å². The monoisotopic (exact) mass is 310 g/mol. The third-order valence-corrected chi connectivity index (χ3v) is 2.95.